The van der Waals surface area contributed by atoms with Crippen molar-refractivity contribution in [2.75, 3.05) is 19.6 Å². The molecule has 0 aromatic carbocycles. The van der Waals surface area contributed by atoms with Crippen LogP contribution in [0.15, 0.2) is 47.2 Å². The molecule has 0 bridgehead atoms. The fourth-order valence-corrected chi connectivity index (χ4v) is 3.05. The summed E-state index contributed by atoms with van der Waals surface area (Å²) in [5.74, 6) is 0.905. The predicted molar refractivity (Wildman–Crippen MR) is 91.3 cm³/mol. The Morgan fingerprint density at radius 3 is 2.75 bits per heavy atom. The summed E-state index contributed by atoms with van der Waals surface area (Å²) in [6.45, 7) is 3.04. The van der Waals surface area contributed by atoms with Crippen LogP contribution in [0.3, 0.4) is 0 Å². The molecule has 2 aromatic heterocycles. The first-order valence-corrected chi connectivity index (χ1v) is 8.52. The van der Waals surface area contributed by atoms with Crippen molar-refractivity contribution >= 4 is 6.03 Å². The highest BCUT2D eigenvalue weighted by molar-refractivity contribution is 5.73. The molecule has 6 nitrogen and oxygen atoms in total. The number of nitrogens with zero attached hydrogens (tertiary/aromatic N) is 2. The Balaban J connectivity index is 1.52. The number of aromatic nitrogens is 1. The molecule has 1 fully saturated rings. The minimum absolute atomic E-state index is 0.0842. The van der Waals surface area contributed by atoms with Crippen molar-refractivity contribution in [3.63, 3.8) is 0 Å². The number of piperidine rings is 1. The number of urea groups is 1. The molecule has 1 aliphatic heterocycles. The summed E-state index contributed by atoms with van der Waals surface area (Å²) < 4.78 is 5.59. The molecule has 0 radical (unpaired) electrons. The highest BCUT2D eigenvalue weighted by atomic mass is 16.3. The molecule has 6 heteroatoms. The van der Waals surface area contributed by atoms with Crippen LogP contribution in [0.2, 0.25) is 0 Å². The number of furan rings is 1. The summed E-state index contributed by atoms with van der Waals surface area (Å²) in [5, 5.41) is 5.80. The van der Waals surface area contributed by atoms with Gasteiger partial charge in [-0.2, -0.15) is 0 Å². The molecule has 3 rings (SSSR count). The Kier molecular flexibility index (Phi) is 5.85. The van der Waals surface area contributed by atoms with E-state index in [0.29, 0.717) is 13.1 Å². The molecule has 0 unspecified atom stereocenters. The molecule has 1 aliphatic rings. The molecule has 1 atom stereocenters. The van der Waals surface area contributed by atoms with Gasteiger partial charge in [0.1, 0.15) is 5.76 Å². The van der Waals surface area contributed by atoms with Crippen molar-refractivity contribution in [2.45, 2.75) is 31.8 Å². The lowest BCUT2D eigenvalue weighted by molar-refractivity contribution is 0.143. The number of pyridine rings is 1. The SMILES string of the molecule is O=C(NCc1ccccn1)NC[C@H](c1ccco1)N1CCCCC1. The van der Waals surface area contributed by atoms with Gasteiger partial charge in [-0.3, -0.25) is 9.88 Å². The standard InChI is InChI=1S/C18H24N4O2/c23-18(20-13-15-7-2-3-9-19-15)21-14-16(17-8-6-12-24-17)22-10-4-1-5-11-22/h2-3,6-9,12,16H,1,4-5,10-11,13-14H2,(H2,20,21,23)/t16-/m1/s1. The number of amides is 2. The van der Waals surface area contributed by atoms with Crippen molar-refractivity contribution in [2.24, 2.45) is 0 Å². The summed E-state index contributed by atoms with van der Waals surface area (Å²) in [7, 11) is 0. The van der Waals surface area contributed by atoms with Gasteiger partial charge in [-0.25, -0.2) is 4.79 Å². The fourth-order valence-electron chi connectivity index (χ4n) is 3.05. The molecule has 0 aliphatic carbocycles. The fraction of sp³-hybridized carbons (Fsp3) is 0.444. The van der Waals surface area contributed by atoms with Gasteiger partial charge < -0.3 is 15.1 Å². The van der Waals surface area contributed by atoms with Crippen molar-refractivity contribution in [3.05, 3.63) is 54.2 Å². The number of carbonyl (C=O) groups excluding carboxylic acids is 1. The first-order chi connectivity index (χ1) is 11.8. The number of hydrogen-bond donors (Lipinski definition) is 2. The second-order valence-corrected chi connectivity index (χ2v) is 6.01. The van der Waals surface area contributed by atoms with Crippen LogP contribution in [0, 0.1) is 0 Å². The summed E-state index contributed by atoms with van der Waals surface area (Å²) in [5.41, 5.74) is 0.839. The Morgan fingerprint density at radius 2 is 2.04 bits per heavy atom. The van der Waals surface area contributed by atoms with E-state index < -0.39 is 0 Å². The van der Waals surface area contributed by atoms with Gasteiger partial charge in [-0.1, -0.05) is 12.5 Å². The van der Waals surface area contributed by atoms with Crippen LogP contribution in [0.25, 0.3) is 0 Å². The zero-order valence-corrected chi connectivity index (χ0v) is 13.8. The summed E-state index contributed by atoms with van der Waals surface area (Å²) in [6, 6.07) is 9.43. The van der Waals surface area contributed by atoms with Gasteiger partial charge in [0.05, 0.1) is 24.5 Å². The molecule has 0 spiro atoms. The van der Waals surface area contributed by atoms with Crippen LogP contribution >= 0.6 is 0 Å². The second-order valence-electron chi connectivity index (χ2n) is 6.01. The van der Waals surface area contributed by atoms with Gasteiger partial charge in [0.25, 0.3) is 0 Å². The zero-order valence-electron chi connectivity index (χ0n) is 13.8. The minimum atomic E-state index is -0.186. The second kappa shape index (κ2) is 8.49. The number of rotatable bonds is 6. The van der Waals surface area contributed by atoms with E-state index in [9.17, 15) is 4.79 Å². The van der Waals surface area contributed by atoms with E-state index in [1.54, 1.807) is 12.5 Å². The maximum Gasteiger partial charge on any atom is 0.315 e. The van der Waals surface area contributed by atoms with Crippen LogP contribution in [-0.4, -0.2) is 35.5 Å². The predicted octanol–water partition coefficient (Wildman–Crippen LogP) is 2.70. The van der Waals surface area contributed by atoms with E-state index in [-0.39, 0.29) is 12.1 Å². The zero-order chi connectivity index (χ0) is 16.6. The average molecular weight is 328 g/mol. The summed E-state index contributed by atoms with van der Waals surface area (Å²) in [6.07, 6.45) is 7.08. The molecular formula is C18H24N4O2. The molecule has 1 saturated heterocycles. The third-order valence-corrected chi connectivity index (χ3v) is 4.32. The van der Waals surface area contributed by atoms with E-state index >= 15 is 0 Å². The van der Waals surface area contributed by atoms with Crippen LogP contribution in [0.4, 0.5) is 4.79 Å². The monoisotopic (exact) mass is 328 g/mol. The third kappa shape index (κ3) is 4.58. The minimum Gasteiger partial charge on any atom is -0.468 e. The van der Waals surface area contributed by atoms with E-state index in [2.05, 4.69) is 20.5 Å². The van der Waals surface area contributed by atoms with Gasteiger partial charge in [0, 0.05) is 12.7 Å². The number of hydrogen-bond acceptors (Lipinski definition) is 4. The smallest absolute Gasteiger partial charge is 0.315 e. The Bertz CT molecular complexity index is 609. The van der Waals surface area contributed by atoms with Crippen LogP contribution in [0.1, 0.15) is 36.8 Å². The lowest BCUT2D eigenvalue weighted by Gasteiger charge is -2.33. The number of nitrogens with one attached hydrogen (secondary N) is 2. The Morgan fingerprint density at radius 1 is 1.17 bits per heavy atom. The highest BCUT2D eigenvalue weighted by Crippen LogP contribution is 2.24. The van der Waals surface area contributed by atoms with E-state index in [1.165, 1.54) is 19.3 Å². The van der Waals surface area contributed by atoms with Crippen LogP contribution in [-0.2, 0) is 6.54 Å². The largest absolute Gasteiger partial charge is 0.468 e. The first-order valence-electron chi connectivity index (χ1n) is 8.52. The molecule has 2 aromatic rings. The molecule has 2 N–H and O–H groups in total. The maximum atomic E-state index is 12.1. The third-order valence-electron chi connectivity index (χ3n) is 4.32. The van der Waals surface area contributed by atoms with Crippen LogP contribution in [0.5, 0.6) is 0 Å². The first kappa shape index (κ1) is 16.5. The van der Waals surface area contributed by atoms with Gasteiger partial charge in [0.15, 0.2) is 0 Å². The molecule has 24 heavy (non-hydrogen) atoms. The normalized spacial score (nSPS) is 16.5. The number of likely N-dealkylation sites (tertiary alicyclic amines) is 1. The van der Waals surface area contributed by atoms with E-state index in [0.717, 1.165) is 24.5 Å². The van der Waals surface area contributed by atoms with Crippen molar-refractivity contribution < 1.29 is 9.21 Å². The molecular weight excluding hydrogens is 304 g/mol. The number of carbonyl (C=O) groups is 1. The van der Waals surface area contributed by atoms with Crippen molar-refractivity contribution in [1.29, 1.82) is 0 Å². The van der Waals surface area contributed by atoms with Crippen molar-refractivity contribution in [1.82, 2.24) is 20.5 Å². The van der Waals surface area contributed by atoms with Gasteiger partial charge in [0.2, 0.25) is 0 Å². The molecule has 128 valence electrons. The summed E-state index contributed by atoms with van der Waals surface area (Å²) >= 11 is 0. The molecule has 0 saturated carbocycles. The van der Waals surface area contributed by atoms with E-state index in [4.69, 9.17) is 4.42 Å². The Labute approximate surface area is 142 Å². The van der Waals surface area contributed by atoms with Gasteiger partial charge >= 0.3 is 6.03 Å². The van der Waals surface area contributed by atoms with Crippen LogP contribution < -0.4 is 10.6 Å². The summed E-state index contributed by atoms with van der Waals surface area (Å²) in [4.78, 5) is 18.7. The lowest BCUT2D eigenvalue weighted by Crippen LogP contribution is -2.43. The quantitative estimate of drug-likeness (QED) is 0.855. The van der Waals surface area contributed by atoms with Gasteiger partial charge in [-0.15, -0.1) is 0 Å². The average Bonchev–Trinajstić information content (AvgIpc) is 3.16. The maximum absolute atomic E-state index is 12.1. The highest BCUT2D eigenvalue weighted by Gasteiger charge is 2.24. The van der Waals surface area contributed by atoms with Gasteiger partial charge in [-0.05, 0) is 50.2 Å². The lowest BCUT2D eigenvalue weighted by atomic mass is 10.1. The molecule has 3 heterocycles. The Hall–Kier alpha value is -2.34. The van der Waals surface area contributed by atoms with Crippen molar-refractivity contribution in [3.8, 4) is 0 Å². The molecule has 2 amide bonds. The van der Waals surface area contributed by atoms with E-state index in [1.807, 2.05) is 30.3 Å². The topological polar surface area (TPSA) is 70.4 Å².